The van der Waals surface area contributed by atoms with Crippen molar-refractivity contribution in [3.05, 3.63) is 33.3 Å². The molecule has 0 fully saturated rings. The summed E-state index contributed by atoms with van der Waals surface area (Å²) in [6, 6.07) is 3.77. The molecule has 0 amide bonds. The molecule has 14 heavy (non-hydrogen) atoms. The Bertz CT molecular complexity index is 340. The lowest BCUT2D eigenvalue weighted by Gasteiger charge is -2.23. The summed E-state index contributed by atoms with van der Waals surface area (Å²) < 4.78 is 0.923. The monoisotopic (exact) mass is 258 g/mol. The molecule has 0 aliphatic heterocycles. The quantitative estimate of drug-likeness (QED) is 0.856. The van der Waals surface area contributed by atoms with E-state index in [9.17, 15) is 10.2 Å². The number of rotatable bonds is 2. The van der Waals surface area contributed by atoms with Gasteiger partial charge in [0.2, 0.25) is 0 Å². The average Bonchev–Trinajstić information content (AvgIpc) is 1.99. The molecule has 0 atom stereocenters. The smallest absolute Gasteiger partial charge is 0.0846 e. The zero-order chi connectivity index (χ0) is 10.9. The van der Waals surface area contributed by atoms with Crippen molar-refractivity contribution < 1.29 is 10.2 Å². The van der Waals surface area contributed by atoms with Gasteiger partial charge in [0, 0.05) is 4.47 Å². The maximum Gasteiger partial charge on any atom is 0.0846 e. The van der Waals surface area contributed by atoms with E-state index in [1.54, 1.807) is 13.8 Å². The fourth-order valence-corrected chi connectivity index (χ4v) is 2.43. The summed E-state index contributed by atoms with van der Waals surface area (Å²) in [4.78, 5) is 0. The number of hydrogen-bond donors (Lipinski definition) is 2. The highest BCUT2D eigenvalue weighted by atomic mass is 79.9. The summed E-state index contributed by atoms with van der Waals surface area (Å²) in [7, 11) is 0. The topological polar surface area (TPSA) is 40.5 Å². The van der Waals surface area contributed by atoms with E-state index < -0.39 is 5.60 Å². The van der Waals surface area contributed by atoms with Gasteiger partial charge in [0.15, 0.2) is 0 Å². The van der Waals surface area contributed by atoms with Crippen LogP contribution < -0.4 is 0 Å². The summed E-state index contributed by atoms with van der Waals surface area (Å²) in [5, 5.41) is 19.1. The SMILES string of the molecule is Cc1cc(Br)cc(CO)c1C(C)(C)O. The van der Waals surface area contributed by atoms with Crippen LogP contribution in [0, 0.1) is 6.92 Å². The molecule has 78 valence electrons. The van der Waals surface area contributed by atoms with Gasteiger partial charge in [-0.1, -0.05) is 15.9 Å². The van der Waals surface area contributed by atoms with Crippen molar-refractivity contribution in [2.75, 3.05) is 0 Å². The van der Waals surface area contributed by atoms with Crippen molar-refractivity contribution in [1.82, 2.24) is 0 Å². The van der Waals surface area contributed by atoms with E-state index in [1.807, 2.05) is 19.1 Å². The summed E-state index contributed by atoms with van der Waals surface area (Å²) in [6.07, 6.45) is 0. The van der Waals surface area contributed by atoms with Crippen molar-refractivity contribution in [3.63, 3.8) is 0 Å². The lowest BCUT2D eigenvalue weighted by Crippen LogP contribution is -2.20. The fraction of sp³-hybridized carbons (Fsp3) is 0.455. The Kier molecular flexibility index (Phi) is 3.35. The van der Waals surface area contributed by atoms with Crippen LogP contribution in [0.3, 0.4) is 0 Å². The van der Waals surface area contributed by atoms with Crippen LogP contribution in [0.25, 0.3) is 0 Å². The molecule has 1 aromatic rings. The molecule has 0 aromatic heterocycles. The van der Waals surface area contributed by atoms with Crippen molar-refractivity contribution >= 4 is 15.9 Å². The second-order valence-electron chi connectivity index (χ2n) is 3.97. The highest BCUT2D eigenvalue weighted by Gasteiger charge is 2.22. The number of aliphatic hydroxyl groups excluding tert-OH is 1. The molecular weight excluding hydrogens is 244 g/mol. The molecule has 2 nitrogen and oxygen atoms in total. The summed E-state index contributed by atoms with van der Waals surface area (Å²) in [5.74, 6) is 0. The first-order valence-corrected chi connectivity index (χ1v) is 5.28. The molecule has 0 aliphatic carbocycles. The Labute approximate surface area is 92.7 Å². The van der Waals surface area contributed by atoms with Crippen LogP contribution in [-0.4, -0.2) is 10.2 Å². The van der Waals surface area contributed by atoms with Gasteiger partial charge in [-0.25, -0.2) is 0 Å². The molecule has 1 aromatic carbocycles. The zero-order valence-electron chi connectivity index (χ0n) is 8.63. The van der Waals surface area contributed by atoms with Crippen LogP contribution in [0.5, 0.6) is 0 Å². The first kappa shape index (κ1) is 11.7. The first-order valence-electron chi connectivity index (χ1n) is 4.49. The van der Waals surface area contributed by atoms with Crippen molar-refractivity contribution in [2.45, 2.75) is 33.0 Å². The van der Waals surface area contributed by atoms with Gasteiger partial charge in [-0.3, -0.25) is 0 Å². The highest BCUT2D eigenvalue weighted by molar-refractivity contribution is 9.10. The van der Waals surface area contributed by atoms with Crippen LogP contribution in [0.4, 0.5) is 0 Å². The molecule has 3 heteroatoms. The molecular formula is C11H15BrO2. The Balaban J connectivity index is 3.40. The Morgan fingerprint density at radius 3 is 2.36 bits per heavy atom. The minimum Gasteiger partial charge on any atom is -0.392 e. The summed E-state index contributed by atoms with van der Waals surface area (Å²) >= 11 is 3.36. The maximum atomic E-state index is 9.95. The van der Waals surface area contributed by atoms with Crippen LogP contribution in [0.15, 0.2) is 16.6 Å². The maximum absolute atomic E-state index is 9.95. The van der Waals surface area contributed by atoms with E-state index >= 15 is 0 Å². The molecule has 1 rings (SSSR count). The minimum atomic E-state index is -0.914. The fourth-order valence-electron chi connectivity index (χ4n) is 1.81. The van der Waals surface area contributed by atoms with Crippen LogP contribution in [0.1, 0.15) is 30.5 Å². The van der Waals surface area contributed by atoms with E-state index in [-0.39, 0.29) is 6.61 Å². The van der Waals surface area contributed by atoms with Crippen LogP contribution >= 0.6 is 15.9 Å². The highest BCUT2D eigenvalue weighted by Crippen LogP contribution is 2.30. The largest absolute Gasteiger partial charge is 0.392 e. The van der Waals surface area contributed by atoms with Gasteiger partial charge in [-0.15, -0.1) is 0 Å². The standard InChI is InChI=1S/C11H15BrO2/c1-7-4-9(12)5-8(6-13)10(7)11(2,3)14/h4-5,13-14H,6H2,1-3H3. The van der Waals surface area contributed by atoms with E-state index in [0.717, 1.165) is 21.2 Å². The molecule has 0 spiro atoms. The van der Waals surface area contributed by atoms with E-state index in [4.69, 9.17) is 0 Å². The van der Waals surface area contributed by atoms with Gasteiger partial charge in [0.05, 0.1) is 12.2 Å². The van der Waals surface area contributed by atoms with E-state index in [1.165, 1.54) is 0 Å². The molecule has 0 saturated carbocycles. The Morgan fingerprint density at radius 1 is 1.36 bits per heavy atom. The Hall–Kier alpha value is -0.380. The third-order valence-corrected chi connectivity index (χ3v) is 2.62. The van der Waals surface area contributed by atoms with Crippen molar-refractivity contribution in [1.29, 1.82) is 0 Å². The van der Waals surface area contributed by atoms with Gasteiger partial charge in [0.25, 0.3) is 0 Å². The molecule has 0 bridgehead atoms. The number of aryl methyl sites for hydroxylation is 1. The minimum absolute atomic E-state index is 0.0559. The van der Waals surface area contributed by atoms with Gasteiger partial charge in [-0.05, 0) is 49.6 Å². The number of halogens is 1. The first-order chi connectivity index (χ1) is 6.36. The molecule has 0 unspecified atom stereocenters. The van der Waals surface area contributed by atoms with Crippen LogP contribution in [-0.2, 0) is 12.2 Å². The molecule has 0 radical (unpaired) electrons. The summed E-state index contributed by atoms with van der Waals surface area (Å²) in [5.41, 5.74) is 1.64. The normalized spacial score (nSPS) is 11.9. The number of hydrogen-bond acceptors (Lipinski definition) is 2. The lowest BCUT2D eigenvalue weighted by molar-refractivity contribution is 0.0752. The number of benzene rings is 1. The molecule has 0 aliphatic rings. The lowest BCUT2D eigenvalue weighted by atomic mass is 9.89. The zero-order valence-corrected chi connectivity index (χ0v) is 10.2. The van der Waals surface area contributed by atoms with Gasteiger partial charge < -0.3 is 10.2 Å². The summed E-state index contributed by atoms with van der Waals surface area (Å²) in [6.45, 7) is 5.32. The predicted octanol–water partition coefficient (Wildman–Crippen LogP) is 2.48. The molecule has 0 heterocycles. The second kappa shape index (κ2) is 4.01. The van der Waals surface area contributed by atoms with Crippen molar-refractivity contribution in [2.24, 2.45) is 0 Å². The predicted molar refractivity (Wildman–Crippen MR) is 60.0 cm³/mol. The van der Waals surface area contributed by atoms with Gasteiger partial charge in [-0.2, -0.15) is 0 Å². The average molecular weight is 259 g/mol. The second-order valence-corrected chi connectivity index (χ2v) is 4.89. The van der Waals surface area contributed by atoms with Crippen molar-refractivity contribution in [3.8, 4) is 0 Å². The third-order valence-electron chi connectivity index (χ3n) is 2.16. The van der Waals surface area contributed by atoms with Gasteiger partial charge in [0.1, 0.15) is 0 Å². The Morgan fingerprint density at radius 2 is 1.93 bits per heavy atom. The molecule has 0 saturated heterocycles. The number of aliphatic hydroxyl groups is 2. The van der Waals surface area contributed by atoms with E-state index in [0.29, 0.717) is 0 Å². The third kappa shape index (κ3) is 2.35. The van der Waals surface area contributed by atoms with Crippen LogP contribution in [0.2, 0.25) is 0 Å². The van der Waals surface area contributed by atoms with Gasteiger partial charge >= 0.3 is 0 Å². The van der Waals surface area contributed by atoms with E-state index in [2.05, 4.69) is 15.9 Å². The molecule has 2 N–H and O–H groups in total.